The summed E-state index contributed by atoms with van der Waals surface area (Å²) in [5.41, 5.74) is 3.48. The van der Waals surface area contributed by atoms with Crippen LogP contribution in [0.2, 0.25) is 10.0 Å². The molecular weight excluding hydrogens is 273 g/mol. The second-order valence-electron chi connectivity index (χ2n) is 3.50. The van der Waals surface area contributed by atoms with Crippen LogP contribution >= 0.6 is 23.2 Å². The number of hydrogen-bond acceptors (Lipinski definition) is 5. The number of rotatable bonds is 4. The van der Waals surface area contributed by atoms with Crippen molar-refractivity contribution in [1.29, 1.82) is 0 Å². The molecule has 0 fully saturated rings. The van der Waals surface area contributed by atoms with Gasteiger partial charge in [0.2, 0.25) is 0 Å². The minimum atomic E-state index is 0.372. The van der Waals surface area contributed by atoms with Gasteiger partial charge in [-0.1, -0.05) is 23.2 Å². The molecule has 2 aromatic rings. The van der Waals surface area contributed by atoms with Crippen molar-refractivity contribution in [3.8, 4) is 0 Å². The molecule has 0 bridgehead atoms. The molecule has 0 saturated carbocycles. The number of nitrogen functional groups attached to an aromatic ring is 1. The number of pyridine rings is 2. The van der Waals surface area contributed by atoms with E-state index in [4.69, 9.17) is 29.0 Å². The molecule has 0 saturated heterocycles. The summed E-state index contributed by atoms with van der Waals surface area (Å²) in [5.74, 6) is 6.19. The fourth-order valence-corrected chi connectivity index (χ4v) is 1.86. The first-order chi connectivity index (χ1) is 8.70. The normalized spacial score (nSPS) is 10.2. The molecule has 0 radical (unpaired) electrons. The van der Waals surface area contributed by atoms with Gasteiger partial charge in [-0.05, 0) is 23.8 Å². The molecular formula is C11H11Cl2N5. The van der Waals surface area contributed by atoms with Crippen LogP contribution in [0.1, 0.15) is 5.56 Å². The third-order valence-corrected chi connectivity index (χ3v) is 2.85. The predicted molar refractivity (Wildman–Crippen MR) is 73.6 cm³/mol. The lowest BCUT2D eigenvalue weighted by Gasteiger charge is -2.10. The Morgan fingerprint density at radius 2 is 1.78 bits per heavy atom. The molecule has 0 aliphatic carbocycles. The maximum Gasteiger partial charge on any atom is 0.161 e. The first-order valence-electron chi connectivity index (χ1n) is 5.16. The Balaban J connectivity index is 2.14. The van der Waals surface area contributed by atoms with Crippen LogP contribution in [0, 0.1) is 0 Å². The number of nitrogens with zero attached hydrogens (tertiary/aromatic N) is 2. The van der Waals surface area contributed by atoms with Gasteiger partial charge in [-0.3, -0.25) is 4.98 Å². The maximum absolute atomic E-state index is 6.03. The summed E-state index contributed by atoms with van der Waals surface area (Å²) < 4.78 is 0. The van der Waals surface area contributed by atoms with Crippen molar-refractivity contribution in [2.24, 2.45) is 5.84 Å². The molecule has 94 valence electrons. The van der Waals surface area contributed by atoms with E-state index >= 15 is 0 Å². The fourth-order valence-electron chi connectivity index (χ4n) is 1.38. The molecule has 0 amide bonds. The van der Waals surface area contributed by atoms with Crippen LogP contribution in [0.15, 0.2) is 30.6 Å². The summed E-state index contributed by atoms with van der Waals surface area (Å²) in [6, 6.07) is 5.39. The van der Waals surface area contributed by atoms with Crippen molar-refractivity contribution < 1.29 is 0 Å². The molecule has 2 rings (SSSR count). The van der Waals surface area contributed by atoms with E-state index in [0.29, 0.717) is 28.2 Å². The maximum atomic E-state index is 6.03. The summed E-state index contributed by atoms with van der Waals surface area (Å²) in [7, 11) is 0. The molecule has 0 aromatic carbocycles. The average molecular weight is 284 g/mol. The highest BCUT2D eigenvalue weighted by molar-refractivity contribution is 6.37. The van der Waals surface area contributed by atoms with Crippen LogP contribution in [-0.2, 0) is 6.54 Å². The van der Waals surface area contributed by atoms with Gasteiger partial charge in [0.15, 0.2) is 5.82 Å². The fraction of sp³-hybridized carbons (Fsp3) is 0.0909. The van der Waals surface area contributed by atoms with Gasteiger partial charge in [0, 0.05) is 18.9 Å². The molecule has 18 heavy (non-hydrogen) atoms. The number of anilines is 2. The van der Waals surface area contributed by atoms with E-state index in [2.05, 4.69) is 20.7 Å². The van der Waals surface area contributed by atoms with Crippen LogP contribution in [0.3, 0.4) is 0 Å². The minimum Gasteiger partial charge on any atom is -0.365 e. The van der Waals surface area contributed by atoms with E-state index in [1.54, 1.807) is 18.5 Å². The van der Waals surface area contributed by atoms with Gasteiger partial charge in [0.05, 0.1) is 10.0 Å². The summed E-state index contributed by atoms with van der Waals surface area (Å²) in [5, 5.41) is 3.92. The van der Waals surface area contributed by atoms with Crippen LogP contribution in [-0.4, -0.2) is 9.97 Å². The largest absolute Gasteiger partial charge is 0.365 e. The Kier molecular flexibility index (Phi) is 4.19. The molecule has 0 spiro atoms. The van der Waals surface area contributed by atoms with Crippen LogP contribution in [0.4, 0.5) is 11.6 Å². The second-order valence-corrected chi connectivity index (χ2v) is 4.32. The SMILES string of the molecule is NNc1nc(NCc2ccncc2)c(Cl)cc1Cl. The standard InChI is InChI=1S/C11H11Cl2N5/c12-8-5-9(13)11(18-14)17-10(8)16-6-7-1-3-15-4-2-7/h1-5H,6,14H2,(H2,16,17,18). The first-order valence-corrected chi connectivity index (χ1v) is 5.91. The highest BCUT2D eigenvalue weighted by Crippen LogP contribution is 2.28. The van der Waals surface area contributed by atoms with E-state index < -0.39 is 0 Å². The number of nitrogens with two attached hydrogens (primary N) is 1. The smallest absolute Gasteiger partial charge is 0.161 e. The Morgan fingerprint density at radius 1 is 1.11 bits per heavy atom. The molecule has 2 aromatic heterocycles. The third-order valence-electron chi connectivity index (χ3n) is 2.28. The monoisotopic (exact) mass is 283 g/mol. The lowest BCUT2D eigenvalue weighted by Crippen LogP contribution is -2.11. The first kappa shape index (κ1) is 12.9. The van der Waals surface area contributed by atoms with Gasteiger partial charge in [0.25, 0.3) is 0 Å². The molecule has 4 N–H and O–H groups in total. The number of halogens is 2. The lowest BCUT2D eigenvalue weighted by atomic mass is 10.3. The topological polar surface area (TPSA) is 75.9 Å². The van der Waals surface area contributed by atoms with Crippen molar-refractivity contribution in [2.45, 2.75) is 6.54 Å². The molecule has 2 heterocycles. The highest BCUT2D eigenvalue weighted by atomic mass is 35.5. The van der Waals surface area contributed by atoms with Gasteiger partial charge < -0.3 is 10.7 Å². The summed E-state index contributed by atoms with van der Waals surface area (Å²) in [4.78, 5) is 8.12. The molecule has 0 aliphatic heterocycles. The zero-order valence-electron chi connectivity index (χ0n) is 9.32. The van der Waals surface area contributed by atoms with Crippen LogP contribution in [0.5, 0.6) is 0 Å². The van der Waals surface area contributed by atoms with Crippen LogP contribution in [0.25, 0.3) is 0 Å². The second kappa shape index (κ2) is 5.86. The van der Waals surface area contributed by atoms with Gasteiger partial charge in [-0.15, -0.1) is 0 Å². The van der Waals surface area contributed by atoms with E-state index in [1.807, 2.05) is 12.1 Å². The van der Waals surface area contributed by atoms with Crippen molar-refractivity contribution >= 4 is 34.8 Å². The molecule has 7 heteroatoms. The number of aromatic nitrogens is 2. The van der Waals surface area contributed by atoms with Crippen molar-refractivity contribution in [3.63, 3.8) is 0 Å². The van der Waals surface area contributed by atoms with Crippen molar-refractivity contribution in [3.05, 3.63) is 46.2 Å². The lowest BCUT2D eigenvalue weighted by molar-refractivity contribution is 1.09. The van der Waals surface area contributed by atoms with E-state index in [0.717, 1.165) is 5.56 Å². The Labute approximate surface area is 114 Å². The van der Waals surface area contributed by atoms with Gasteiger partial charge in [-0.25, -0.2) is 10.8 Å². The summed E-state index contributed by atoms with van der Waals surface area (Å²) >= 11 is 11.9. The Bertz CT molecular complexity index is 532. The molecule has 0 atom stereocenters. The number of hydrogen-bond donors (Lipinski definition) is 3. The minimum absolute atomic E-state index is 0.372. The Morgan fingerprint density at radius 3 is 2.44 bits per heavy atom. The predicted octanol–water partition coefficient (Wildman–Crippen LogP) is 2.68. The van der Waals surface area contributed by atoms with Gasteiger partial charge >= 0.3 is 0 Å². The van der Waals surface area contributed by atoms with Gasteiger partial charge in [0.1, 0.15) is 5.82 Å². The average Bonchev–Trinajstić information content (AvgIpc) is 2.39. The molecule has 0 unspecified atom stereocenters. The highest BCUT2D eigenvalue weighted by Gasteiger charge is 2.08. The Hall–Kier alpha value is -1.56. The number of nitrogens with one attached hydrogen (secondary N) is 2. The third kappa shape index (κ3) is 3.01. The summed E-state index contributed by atoms with van der Waals surface area (Å²) in [6.07, 6.45) is 3.45. The summed E-state index contributed by atoms with van der Waals surface area (Å²) in [6.45, 7) is 0.584. The molecule has 0 aliphatic rings. The van der Waals surface area contributed by atoms with Crippen molar-refractivity contribution in [2.75, 3.05) is 10.7 Å². The van der Waals surface area contributed by atoms with Gasteiger partial charge in [-0.2, -0.15) is 0 Å². The quantitative estimate of drug-likeness (QED) is 0.594. The number of hydrazine groups is 1. The van der Waals surface area contributed by atoms with Crippen molar-refractivity contribution in [1.82, 2.24) is 9.97 Å². The van der Waals surface area contributed by atoms with Crippen LogP contribution < -0.4 is 16.6 Å². The zero-order valence-corrected chi connectivity index (χ0v) is 10.8. The van der Waals surface area contributed by atoms with E-state index in [-0.39, 0.29) is 0 Å². The molecule has 5 nitrogen and oxygen atoms in total. The van der Waals surface area contributed by atoms with E-state index in [9.17, 15) is 0 Å². The zero-order chi connectivity index (χ0) is 13.0. The van der Waals surface area contributed by atoms with E-state index in [1.165, 1.54) is 0 Å².